The first kappa shape index (κ1) is 23.7. The molecule has 2 amide bonds. The number of nitrogens with zero attached hydrogens (tertiary/aromatic N) is 1. The summed E-state index contributed by atoms with van der Waals surface area (Å²) in [7, 11) is 1.29. The van der Waals surface area contributed by atoms with Crippen LogP contribution in [0.3, 0.4) is 0 Å². The zero-order valence-electron chi connectivity index (χ0n) is 17.5. The van der Waals surface area contributed by atoms with Crippen molar-refractivity contribution in [2.24, 2.45) is 0 Å². The van der Waals surface area contributed by atoms with Gasteiger partial charge in [-0.2, -0.15) is 0 Å². The van der Waals surface area contributed by atoms with Gasteiger partial charge in [-0.05, 0) is 50.8 Å². The standard InChI is InChI=1S/C22H34N2O4/c1-4-24(5-2)20(25)15-10-8-6-7-9-12-18-13-11-14-19(16-18)22(27)23-17-21(26)28-3/h11,13-14,16H,4-10,12,15,17H2,1-3H3,(H,23,27). The zero-order valence-corrected chi connectivity index (χ0v) is 17.5. The Hall–Kier alpha value is -2.37. The van der Waals surface area contributed by atoms with E-state index in [4.69, 9.17) is 0 Å². The van der Waals surface area contributed by atoms with Crippen LogP contribution in [0, 0.1) is 0 Å². The number of aryl methyl sites for hydroxylation is 1. The second-order valence-electron chi connectivity index (χ2n) is 6.79. The number of amides is 2. The maximum Gasteiger partial charge on any atom is 0.325 e. The summed E-state index contributed by atoms with van der Waals surface area (Å²) in [6, 6.07) is 7.49. The van der Waals surface area contributed by atoms with Gasteiger partial charge in [0.1, 0.15) is 6.54 Å². The molecule has 0 saturated carbocycles. The van der Waals surface area contributed by atoms with E-state index >= 15 is 0 Å². The number of ether oxygens (including phenoxy) is 1. The van der Waals surface area contributed by atoms with Gasteiger partial charge in [0.2, 0.25) is 5.91 Å². The number of carbonyl (C=O) groups excluding carboxylic acids is 3. The van der Waals surface area contributed by atoms with Crippen LogP contribution in [0.5, 0.6) is 0 Å². The van der Waals surface area contributed by atoms with Crippen LogP contribution in [0.25, 0.3) is 0 Å². The summed E-state index contributed by atoms with van der Waals surface area (Å²) in [5, 5.41) is 2.55. The molecule has 0 spiro atoms. The van der Waals surface area contributed by atoms with Crippen molar-refractivity contribution in [3.63, 3.8) is 0 Å². The lowest BCUT2D eigenvalue weighted by Gasteiger charge is -2.18. The molecule has 1 aromatic carbocycles. The zero-order chi connectivity index (χ0) is 20.8. The average molecular weight is 391 g/mol. The number of rotatable bonds is 13. The van der Waals surface area contributed by atoms with Gasteiger partial charge in [0, 0.05) is 25.1 Å². The minimum absolute atomic E-state index is 0.129. The molecular weight excluding hydrogens is 356 g/mol. The van der Waals surface area contributed by atoms with Gasteiger partial charge < -0.3 is 15.0 Å². The summed E-state index contributed by atoms with van der Waals surface area (Å²) in [4.78, 5) is 37.0. The van der Waals surface area contributed by atoms with Gasteiger partial charge in [-0.25, -0.2) is 0 Å². The molecule has 0 aromatic heterocycles. The third-order valence-corrected chi connectivity index (χ3v) is 4.78. The Kier molecular flexibility index (Phi) is 11.6. The van der Waals surface area contributed by atoms with E-state index in [1.807, 2.05) is 36.9 Å². The average Bonchev–Trinajstić information content (AvgIpc) is 2.72. The first-order valence-electron chi connectivity index (χ1n) is 10.2. The Labute approximate surface area is 168 Å². The third-order valence-electron chi connectivity index (χ3n) is 4.78. The van der Waals surface area contributed by atoms with E-state index in [9.17, 15) is 14.4 Å². The van der Waals surface area contributed by atoms with E-state index in [1.54, 1.807) is 6.07 Å². The van der Waals surface area contributed by atoms with Crippen LogP contribution in [-0.2, 0) is 20.7 Å². The van der Waals surface area contributed by atoms with Gasteiger partial charge >= 0.3 is 5.97 Å². The van der Waals surface area contributed by atoms with Crippen molar-refractivity contribution in [3.05, 3.63) is 35.4 Å². The second-order valence-corrected chi connectivity index (χ2v) is 6.79. The van der Waals surface area contributed by atoms with Crippen LogP contribution in [0.15, 0.2) is 24.3 Å². The molecule has 6 heteroatoms. The highest BCUT2D eigenvalue weighted by atomic mass is 16.5. The SMILES string of the molecule is CCN(CC)C(=O)CCCCCCCc1cccc(C(=O)NCC(=O)OC)c1. The van der Waals surface area contributed by atoms with Crippen LogP contribution >= 0.6 is 0 Å². The molecule has 1 aromatic rings. The molecule has 0 radical (unpaired) electrons. The highest BCUT2D eigenvalue weighted by Crippen LogP contribution is 2.12. The quantitative estimate of drug-likeness (QED) is 0.414. The largest absolute Gasteiger partial charge is 0.468 e. The van der Waals surface area contributed by atoms with Crippen LogP contribution in [0.4, 0.5) is 0 Å². The predicted octanol–water partition coefficient (Wildman–Crippen LogP) is 3.34. The minimum Gasteiger partial charge on any atom is -0.468 e. The summed E-state index contributed by atoms with van der Waals surface area (Å²) < 4.78 is 4.51. The minimum atomic E-state index is -0.469. The lowest BCUT2D eigenvalue weighted by Crippen LogP contribution is -2.30. The molecule has 28 heavy (non-hydrogen) atoms. The molecule has 0 unspecified atom stereocenters. The number of benzene rings is 1. The molecule has 0 aliphatic carbocycles. The van der Waals surface area contributed by atoms with Crippen molar-refractivity contribution in [2.75, 3.05) is 26.7 Å². The van der Waals surface area contributed by atoms with Crippen LogP contribution < -0.4 is 5.32 Å². The van der Waals surface area contributed by atoms with E-state index in [0.29, 0.717) is 12.0 Å². The van der Waals surface area contributed by atoms with Gasteiger partial charge in [0.25, 0.3) is 5.91 Å². The van der Waals surface area contributed by atoms with E-state index < -0.39 is 5.97 Å². The molecule has 1 N–H and O–H groups in total. The summed E-state index contributed by atoms with van der Waals surface area (Å²) in [6.07, 6.45) is 6.86. The molecule has 0 fully saturated rings. The van der Waals surface area contributed by atoms with Crippen molar-refractivity contribution in [1.29, 1.82) is 0 Å². The van der Waals surface area contributed by atoms with E-state index in [2.05, 4.69) is 10.1 Å². The Morgan fingerprint density at radius 1 is 1.00 bits per heavy atom. The molecule has 0 bridgehead atoms. The third kappa shape index (κ3) is 9.02. The predicted molar refractivity (Wildman–Crippen MR) is 110 cm³/mol. The van der Waals surface area contributed by atoms with E-state index in [1.165, 1.54) is 7.11 Å². The maximum atomic E-state index is 12.1. The smallest absolute Gasteiger partial charge is 0.325 e. The summed E-state index contributed by atoms with van der Waals surface area (Å²) in [5.41, 5.74) is 1.67. The summed E-state index contributed by atoms with van der Waals surface area (Å²) in [6.45, 7) is 5.47. The lowest BCUT2D eigenvalue weighted by atomic mass is 10.0. The van der Waals surface area contributed by atoms with E-state index in [-0.39, 0.29) is 18.4 Å². The highest BCUT2D eigenvalue weighted by Gasteiger charge is 2.09. The van der Waals surface area contributed by atoms with Gasteiger partial charge in [0.05, 0.1) is 7.11 Å². The first-order chi connectivity index (χ1) is 13.5. The highest BCUT2D eigenvalue weighted by molar-refractivity contribution is 5.96. The van der Waals surface area contributed by atoms with E-state index in [0.717, 1.165) is 57.2 Å². The Morgan fingerprint density at radius 2 is 1.68 bits per heavy atom. The molecule has 0 saturated heterocycles. The van der Waals surface area contributed by atoms with Crippen LogP contribution in [0.1, 0.15) is 68.3 Å². The fourth-order valence-corrected chi connectivity index (χ4v) is 3.06. The first-order valence-corrected chi connectivity index (χ1v) is 10.2. The normalized spacial score (nSPS) is 10.4. The molecular formula is C22H34N2O4. The van der Waals surface area contributed by atoms with Gasteiger partial charge in [-0.15, -0.1) is 0 Å². The molecule has 0 atom stereocenters. The van der Waals surface area contributed by atoms with Crippen LogP contribution in [-0.4, -0.2) is 49.4 Å². The molecule has 156 valence electrons. The number of hydrogen-bond donors (Lipinski definition) is 1. The number of methoxy groups -OCH3 is 1. The summed E-state index contributed by atoms with van der Waals surface area (Å²) in [5.74, 6) is -0.485. The van der Waals surface area contributed by atoms with Gasteiger partial charge in [0.15, 0.2) is 0 Å². The van der Waals surface area contributed by atoms with Crippen molar-refractivity contribution in [1.82, 2.24) is 10.2 Å². The fourth-order valence-electron chi connectivity index (χ4n) is 3.06. The second kappa shape index (κ2) is 13.7. The lowest BCUT2D eigenvalue weighted by molar-refractivity contribution is -0.139. The topological polar surface area (TPSA) is 75.7 Å². The number of esters is 1. The van der Waals surface area contributed by atoms with Crippen LogP contribution in [0.2, 0.25) is 0 Å². The molecule has 6 nitrogen and oxygen atoms in total. The Morgan fingerprint density at radius 3 is 2.36 bits per heavy atom. The number of nitrogens with one attached hydrogen (secondary N) is 1. The Balaban J connectivity index is 2.24. The van der Waals surface area contributed by atoms with Crippen molar-refractivity contribution in [2.45, 2.75) is 58.8 Å². The van der Waals surface area contributed by atoms with Crippen molar-refractivity contribution < 1.29 is 19.1 Å². The number of carbonyl (C=O) groups is 3. The Bertz CT molecular complexity index is 627. The van der Waals surface area contributed by atoms with Gasteiger partial charge in [-0.3, -0.25) is 14.4 Å². The number of unbranched alkanes of at least 4 members (excludes halogenated alkanes) is 4. The molecule has 1 rings (SSSR count). The molecule has 0 aliphatic heterocycles. The molecule has 0 aliphatic rings. The fraction of sp³-hybridized carbons (Fsp3) is 0.591. The molecule has 0 heterocycles. The van der Waals surface area contributed by atoms with Crippen molar-refractivity contribution >= 4 is 17.8 Å². The summed E-state index contributed by atoms with van der Waals surface area (Å²) >= 11 is 0. The monoisotopic (exact) mass is 390 g/mol. The van der Waals surface area contributed by atoms with Crippen molar-refractivity contribution in [3.8, 4) is 0 Å². The maximum absolute atomic E-state index is 12.1. The van der Waals surface area contributed by atoms with Gasteiger partial charge in [-0.1, -0.05) is 31.4 Å². The number of hydrogen-bond acceptors (Lipinski definition) is 4.